The number of rotatable bonds is 6. The second kappa shape index (κ2) is 9.18. The minimum atomic E-state index is -0.297. The van der Waals surface area contributed by atoms with Crippen LogP contribution in [0.1, 0.15) is 44.9 Å². The number of halogens is 1. The van der Waals surface area contributed by atoms with Crippen molar-refractivity contribution in [3.05, 3.63) is 36.3 Å². The summed E-state index contributed by atoms with van der Waals surface area (Å²) in [5.41, 5.74) is 1.94. The lowest BCUT2D eigenvalue weighted by Crippen LogP contribution is -2.30. The summed E-state index contributed by atoms with van der Waals surface area (Å²) in [5, 5.41) is 10.1. The Morgan fingerprint density at radius 2 is 1.84 bits per heavy atom. The van der Waals surface area contributed by atoms with Gasteiger partial charge < -0.3 is 16.0 Å². The van der Waals surface area contributed by atoms with E-state index in [1.807, 2.05) is 6.07 Å². The molecule has 0 bridgehead atoms. The van der Waals surface area contributed by atoms with Crippen LogP contribution in [-0.2, 0) is 6.54 Å². The minimum absolute atomic E-state index is 0.297. The first-order valence-corrected chi connectivity index (χ1v) is 11.5. The van der Waals surface area contributed by atoms with Gasteiger partial charge >= 0.3 is 0 Å². The number of fused-ring (bicyclic) bond motifs is 1. The Kier molecular flexibility index (Phi) is 5.97. The zero-order chi connectivity index (χ0) is 21.0. The van der Waals surface area contributed by atoms with Crippen LogP contribution in [0.5, 0.6) is 0 Å². The van der Waals surface area contributed by atoms with Crippen molar-refractivity contribution < 1.29 is 4.39 Å². The number of nitrogens with zero attached hydrogens (tertiary/aromatic N) is 4. The van der Waals surface area contributed by atoms with E-state index in [0.717, 1.165) is 56.5 Å². The highest BCUT2D eigenvalue weighted by molar-refractivity contribution is 5.76. The van der Waals surface area contributed by atoms with Crippen molar-refractivity contribution in [3.8, 4) is 0 Å². The van der Waals surface area contributed by atoms with Gasteiger partial charge in [0, 0.05) is 12.6 Å². The number of nitrogens with one attached hydrogen (secondary N) is 3. The normalized spacial score (nSPS) is 18.4. The zero-order valence-electron chi connectivity index (χ0n) is 17.8. The van der Waals surface area contributed by atoms with Crippen molar-refractivity contribution in [2.75, 3.05) is 23.7 Å². The fourth-order valence-electron chi connectivity index (χ4n) is 4.69. The molecular formula is C23H30FN7. The summed E-state index contributed by atoms with van der Waals surface area (Å²) in [5.74, 6) is 1.50. The molecule has 1 aromatic carbocycles. The van der Waals surface area contributed by atoms with Gasteiger partial charge in [0.2, 0.25) is 11.9 Å². The van der Waals surface area contributed by atoms with Crippen molar-refractivity contribution in [1.82, 2.24) is 24.8 Å². The first-order valence-electron chi connectivity index (χ1n) is 11.5. The summed E-state index contributed by atoms with van der Waals surface area (Å²) in [6.45, 7) is 2.85. The number of imidazole rings is 1. The summed E-state index contributed by atoms with van der Waals surface area (Å²) in [6, 6.07) is 7.12. The van der Waals surface area contributed by atoms with Crippen molar-refractivity contribution in [2.24, 2.45) is 5.92 Å². The summed E-state index contributed by atoms with van der Waals surface area (Å²) >= 11 is 0. The van der Waals surface area contributed by atoms with E-state index in [2.05, 4.69) is 25.5 Å². The molecule has 2 fully saturated rings. The van der Waals surface area contributed by atoms with Crippen molar-refractivity contribution in [2.45, 2.75) is 57.5 Å². The maximum atomic E-state index is 14.3. The molecule has 2 aromatic heterocycles. The lowest BCUT2D eigenvalue weighted by Gasteiger charge is -2.24. The van der Waals surface area contributed by atoms with Crippen LogP contribution in [0.15, 0.2) is 30.5 Å². The third-order valence-electron chi connectivity index (χ3n) is 6.45. The zero-order valence-corrected chi connectivity index (χ0v) is 17.8. The Bertz CT molecular complexity index is 1020. The summed E-state index contributed by atoms with van der Waals surface area (Å²) in [6.07, 6.45) is 10.1. The van der Waals surface area contributed by atoms with Gasteiger partial charge in [0.15, 0.2) is 5.65 Å². The topological polar surface area (TPSA) is 79.7 Å². The summed E-state index contributed by atoms with van der Waals surface area (Å²) in [7, 11) is 0. The maximum absolute atomic E-state index is 14.3. The molecule has 0 spiro atoms. The Balaban J connectivity index is 1.48. The van der Waals surface area contributed by atoms with E-state index in [-0.39, 0.29) is 5.82 Å². The average Bonchev–Trinajstić information content (AvgIpc) is 3.13. The highest BCUT2D eigenvalue weighted by Gasteiger charge is 2.21. The largest absolute Gasteiger partial charge is 0.351 e. The molecule has 0 radical (unpaired) electrons. The molecule has 0 unspecified atom stereocenters. The van der Waals surface area contributed by atoms with Gasteiger partial charge in [-0.25, -0.2) is 14.4 Å². The van der Waals surface area contributed by atoms with Gasteiger partial charge in [-0.05, 0) is 56.8 Å². The predicted molar refractivity (Wildman–Crippen MR) is 121 cm³/mol. The molecule has 164 valence electrons. The van der Waals surface area contributed by atoms with Crippen LogP contribution in [0.4, 0.5) is 22.0 Å². The third kappa shape index (κ3) is 4.63. The number of para-hydroxylation sites is 1. The lowest BCUT2D eigenvalue weighted by molar-refractivity contribution is 0.337. The molecule has 0 amide bonds. The SMILES string of the molecule is Fc1ccccc1Nc1nc2cnc(NC3CCCCC3)nc2n1CC1CCNCC1. The quantitative estimate of drug-likeness (QED) is 0.543. The van der Waals surface area contributed by atoms with E-state index in [0.29, 0.717) is 29.5 Å². The number of benzene rings is 1. The number of anilines is 3. The molecule has 7 nitrogen and oxygen atoms in total. The van der Waals surface area contributed by atoms with E-state index >= 15 is 0 Å². The second-order valence-corrected chi connectivity index (χ2v) is 8.73. The van der Waals surface area contributed by atoms with Crippen LogP contribution in [0.2, 0.25) is 0 Å². The molecule has 1 aliphatic heterocycles. The van der Waals surface area contributed by atoms with Crippen molar-refractivity contribution in [1.29, 1.82) is 0 Å². The second-order valence-electron chi connectivity index (χ2n) is 8.73. The molecule has 3 aromatic rings. The molecule has 3 N–H and O–H groups in total. The van der Waals surface area contributed by atoms with Gasteiger partial charge in [-0.1, -0.05) is 31.4 Å². The van der Waals surface area contributed by atoms with Gasteiger partial charge in [-0.2, -0.15) is 4.98 Å². The molecule has 1 aliphatic carbocycles. The highest BCUT2D eigenvalue weighted by atomic mass is 19.1. The molecule has 1 saturated heterocycles. The molecule has 2 aliphatic rings. The van der Waals surface area contributed by atoms with E-state index in [4.69, 9.17) is 9.97 Å². The van der Waals surface area contributed by atoms with Gasteiger partial charge in [0.25, 0.3) is 0 Å². The van der Waals surface area contributed by atoms with Gasteiger partial charge in [-0.3, -0.25) is 4.57 Å². The van der Waals surface area contributed by atoms with Gasteiger partial charge in [-0.15, -0.1) is 0 Å². The Morgan fingerprint density at radius 3 is 2.65 bits per heavy atom. The Hall–Kier alpha value is -2.74. The third-order valence-corrected chi connectivity index (χ3v) is 6.45. The Morgan fingerprint density at radius 1 is 1.03 bits per heavy atom. The van der Waals surface area contributed by atoms with E-state index in [9.17, 15) is 4.39 Å². The first kappa shape index (κ1) is 20.2. The monoisotopic (exact) mass is 423 g/mol. The number of hydrogen-bond donors (Lipinski definition) is 3. The van der Waals surface area contributed by atoms with E-state index in [1.54, 1.807) is 18.3 Å². The fourth-order valence-corrected chi connectivity index (χ4v) is 4.69. The molecule has 0 atom stereocenters. The standard InChI is InChI=1S/C23H30FN7/c24-18-8-4-5-9-19(18)28-23-29-20-14-26-22(27-17-6-2-1-3-7-17)30-21(20)31(23)15-16-10-12-25-13-11-16/h4-5,8-9,14,16-17,25H,1-3,6-7,10-13,15H2,(H,28,29)(H,26,27,30). The Labute approximate surface area is 181 Å². The van der Waals surface area contributed by atoms with Crippen LogP contribution in [0.25, 0.3) is 11.2 Å². The summed E-state index contributed by atoms with van der Waals surface area (Å²) < 4.78 is 16.4. The van der Waals surface area contributed by atoms with Crippen LogP contribution >= 0.6 is 0 Å². The van der Waals surface area contributed by atoms with E-state index in [1.165, 1.54) is 25.3 Å². The molecule has 5 rings (SSSR count). The van der Waals surface area contributed by atoms with Crippen LogP contribution in [0, 0.1) is 11.7 Å². The molecular weight excluding hydrogens is 393 g/mol. The predicted octanol–water partition coefficient (Wildman–Crippen LogP) is 4.45. The molecule has 31 heavy (non-hydrogen) atoms. The summed E-state index contributed by atoms with van der Waals surface area (Å²) in [4.78, 5) is 14.1. The number of piperidine rings is 1. The number of hydrogen-bond acceptors (Lipinski definition) is 6. The lowest BCUT2D eigenvalue weighted by atomic mass is 9.96. The highest BCUT2D eigenvalue weighted by Crippen LogP contribution is 2.27. The van der Waals surface area contributed by atoms with Crippen molar-refractivity contribution >= 4 is 28.7 Å². The number of aromatic nitrogens is 4. The first-order chi connectivity index (χ1) is 15.3. The molecule has 3 heterocycles. The average molecular weight is 424 g/mol. The fraction of sp³-hybridized carbons (Fsp3) is 0.522. The van der Waals surface area contributed by atoms with Crippen LogP contribution < -0.4 is 16.0 Å². The van der Waals surface area contributed by atoms with Crippen LogP contribution in [-0.4, -0.2) is 38.7 Å². The van der Waals surface area contributed by atoms with Crippen molar-refractivity contribution in [3.63, 3.8) is 0 Å². The maximum Gasteiger partial charge on any atom is 0.224 e. The molecule has 8 heteroatoms. The smallest absolute Gasteiger partial charge is 0.224 e. The molecule has 1 saturated carbocycles. The minimum Gasteiger partial charge on any atom is -0.351 e. The van der Waals surface area contributed by atoms with Gasteiger partial charge in [0.05, 0.1) is 11.9 Å². The van der Waals surface area contributed by atoms with Crippen LogP contribution in [0.3, 0.4) is 0 Å². The van der Waals surface area contributed by atoms with E-state index < -0.39 is 0 Å². The van der Waals surface area contributed by atoms with Gasteiger partial charge in [0.1, 0.15) is 11.3 Å².